The van der Waals surface area contributed by atoms with Crippen LogP contribution in [0.25, 0.3) is 0 Å². The van der Waals surface area contributed by atoms with Crippen molar-refractivity contribution in [2.75, 3.05) is 6.54 Å². The van der Waals surface area contributed by atoms with E-state index in [1.165, 1.54) is 5.57 Å². The molecule has 0 aromatic rings. The fourth-order valence-electron chi connectivity index (χ4n) is 1.16. The van der Waals surface area contributed by atoms with Crippen molar-refractivity contribution in [3.05, 3.63) is 23.4 Å². The van der Waals surface area contributed by atoms with Crippen LogP contribution in [0.1, 0.15) is 19.8 Å². The van der Waals surface area contributed by atoms with E-state index in [1.54, 1.807) is 0 Å². The summed E-state index contributed by atoms with van der Waals surface area (Å²) < 4.78 is 0. The third-order valence-corrected chi connectivity index (χ3v) is 1.77. The van der Waals surface area contributed by atoms with Gasteiger partial charge in [0.1, 0.15) is 0 Å². The minimum absolute atomic E-state index is 0.218. The average Bonchev–Trinajstić information content (AvgIpc) is 2.01. The molecule has 1 aliphatic carbocycles. The highest BCUT2D eigenvalue weighted by molar-refractivity contribution is 5.76. The Bertz CT molecular complexity index is 241. The molecule has 0 saturated heterocycles. The molecule has 0 heterocycles. The van der Waals surface area contributed by atoms with Gasteiger partial charge in [-0.05, 0) is 25.8 Å². The van der Waals surface area contributed by atoms with Crippen LogP contribution >= 0.6 is 0 Å². The zero-order valence-electron chi connectivity index (χ0n) is 7.26. The number of carbonyl (C=O) groups is 1. The first-order valence-corrected chi connectivity index (χ1v) is 4.08. The van der Waals surface area contributed by atoms with E-state index in [4.69, 9.17) is 5.73 Å². The van der Waals surface area contributed by atoms with Crippen molar-refractivity contribution in [2.24, 2.45) is 5.73 Å². The Balaban J connectivity index is 2.42. The summed E-state index contributed by atoms with van der Waals surface area (Å²) in [5.41, 5.74) is 7.34. The molecule has 1 amide bonds. The van der Waals surface area contributed by atoms with Crippen molar-refractivity contribution >= 4 is 5.91 Å². The van der Waals surface area contributed by atoms with Crippen molar-refractivity contribution < 1.29 is 4.79 Å². The smallest absolute Gasteiger partial charge is 0.236 e. The molecule has 0 radical (unpaired) electrons. The molecular formula is C9H14N2O. The number of nitrogens with two attached hydrogens (primary N) is 1. The minimum Gasteiger partial charge on any atom is -0.376 e. The third-order valence-electron chi connectivity index (χ3n) is 1.77. The summed E-state index contributed by atoms with van der Waals surface area (Å²) in [7, 11) is 0. The summed E-state index contributed by atoms with van der Waals surface area (Å²) in [5, 5.41) is 2.96. The number of nitrogens with one attached hydrogen (secondary N) is 1. The molecular weight excluding hydrogens is 152 g/mol. The summed E-state index contributed by atoms with van der Waals surface area (Å²) >= 11 is 0. The quantitative estimate of drug-likeness (QED) is 0.648. The van der Waals surface area contributed by atoms with E-state index in [9.17, 15) is 4.79 Å². The molecule has 1 aliphatic rings. The predicted octanol–water partition coefficient (Wildman–Crippen LogP) is 0.685. The van der Waals surface area contributed by atoms with Gasteiger partial charge in [-0.2, -0.15) is 0 Å². The van der Waals surface area contributed by atoms with E-state index in [2.05, 4.69) is 18.3 Å². The van der Waals surface area contributed by atoms with Crippen LogP contribution in [-0.4, -0.2) is 12.5 Å². The zero-order valence-corrected chi connectivity index (χ0v) is 7.26. The van der Waals surface area contributed by atoms with Gasteiger partial charge in [0, 0.05) is 5.70 Å². The predicted molar refractivity (Wildman–Crippen MR) is 48.3 cm³/mol. The van der Waals surface area contributed by atoms with Crippen molar-refractivity contribution in [1.82, 2.24) is 5.32 Å². The number of allylic oxidation sites excluding steroid dienone is 3. The van der Waals surface area contributed by atoms with Gasteiger partial charge in [-0.25, -0.2) is 0 Å². The lowest BCUT2D eigenvalue weighted by atomic mass is 10.1. The average molecular weight is 166 g/mol. The molecule has 3 heteroatoms. The van der Waals surface area contributed by atoms with Crippen LogP contribution in [0.3, 0.4) is 0 Å². The Labute approximate surface area is 72.3 Å². The van der Waals surface area contributed by atoms with Gasteiger partial charge in [0.05, 0.1) is 6.54 Å². The maximum absolute atomic E-state index is 10.4. The lowest BCUT2D eigenvalue weighted by Gasteiger charge is -2.11. The first-order valence-electron chi connectivity index (χ1n) is 4.08. The number of carbonyl (C=O) groups excluding carboxylic acids is 1. The Hall–Kier alpha value is -1.25. The summed E-state index contributed by atoms with van der Waals surface area (Å²) in [6.45, 7) is 2.30. The summed E-state index contributed by atoms with van der Waals surface area (Å²) in [6, 6.07) is 0. The SMILES string of the molecule is CC1=CC(NCC(N)=O)=CCC1. The standard InChI is InChI=1S/C9H14N2O/c1-7-3-2-4-8(5-7)11-6-9(10)12/h4-5,11H,2-3,6H2,1H3,(H2,10,12). The van der Waals surface area contributed by atoms with E-state index in [0.717, 1.165) is 18.5 Å². The molecule has 0 unspecified atom stereocenters. The number of hydrogen-bond donors (Lipinski definition) is 2. The Morgan fingerprint density at radius 3 is 3.08 bits per heavy atom. The fraction of sp³-hybridized carbons (Fsp3) is 0.444. The zero-order chi connectivity index (χ0) is 8.97. The van der Waals surface area contributed by atoms with Gasteiger partial charge in [-0.15, -0.1) is 0 Å². The Morgan fingerprint density at radius 1 is 1.75 bits per heavy atom. The van der Waals surface area contributed by atoms with E-state index >= 15 is 0 Å². The van der Waals surface area contributed by atoms with Crippen LogP contribution in [0.5, 0.6) is 0 Å². The lowest BCUT2D eigenvalue weighted by Crippen LogP contribution is -2.28. The van der Waals surface area contributed by atoms with Gasteiger partial charge in [0.15, 0.2) is 0 Å². The van der Waals surface area contributed by atoms with Crippen LogP contribution in [0.2, 0.25) is 0 Å². The Kier molecular flexibility index (Phi) is 2.91. The van der Waals surface area contributed by atoms with Gasteiger partial charge in [0.2, 0.25) is 5.91 Å². The second-order valence-electron chi connectivity index (χ2n) is 3.01. The number of amides is 1. The molecule has 0 aromatic heterocycles. The van der Waals surface area contributed by atoms with Crippen LogP contribution in [0.4, 0.5) is 0 Å². The molecule has 0 spiro atoms. The van der Waals surface area contributed by atoms with E-state index in [0.29, 0.717) is 0 Å². The fourth-order valence-corrected chi connectivity index (χ4v) is 1.16. The highest BCUT2D eigenvalue weighted by Crippen LogP contribution is 2.14. The largest absolute Gasteiger partial charge is 0.376 e. The van der Waals surface area contributed by atoms with Crippen LogP contribution in [0.15, 0.2) is 23.4 Å². The van der Waals surface area contributed by atoms with Crippen molar-refractivity contribution in [1.29, 1.82) is 0 Å². The topological polar surface area (TPSA) is 55.1 Å². The molecule has 0 bridgehead atoms. The summed E-state index contributed by atoms with van der Waals surface area (Å²) in [6.07, 6.45) is 6.29. The second kappa shape index (κ2) is 3.95. The first kappa shape index (κ1) is 8.84. The molecule has 0 fully saturated rings. The Morgan fingerprint density at radius 2 is 2.50 bits per heavy atom. The molecule has 0 atom stereocenters. The van der Waals surface area contributed by atoms with Gasteiger partial charge < -0.3 is 11.1 Å². The molecule has 12 heavy (non-hydrogen) atoms. The number of primary amides is 1. The highest BCUT2D eigenvalue weighted by atomic mass is 16.1. The van der Waals surface area contributed by atoms with E-state index in [-0.39, 0.29) is 12.5 Å². The molecule has 66 valence electrons. The van der Waals surface area contributed by atoms with Crippen molar-refractivity contribution in [3.63, 3.8) is 0 Å². The van der Waals surface area contributed by atoms with Crippen LogP contribution in [0, 0.1) is 0 Å². The lowest BCUT2D eigenvalue weighted by molar-refractivity contribution is -0.117. The van der Waals surface area contributed by atoms with Gasteiger partial charge >= 0.3 is 0 Å². The molecule has 1 rings (SSSR count). The summed E-state index contributed by atoms with van der Waals surface area (Å²) in [5.74, 6) is -0.326. The first-order chi connectivity index (χ1) is 5.68. The monoisotopic (exact) mass is 166 g/mol. The maximum Gasteiger partial charge on any atom is 0.236 e. The van der Waals surface area contributed by atoms with E-state index in [1.807, 2.05) is 6.08 Å². The minimum atomic E-state index is -0.326. The third kappa shape index (κ3) is 2.78. The summed E-state index contributed by atoms with van der Waals surface area (Å²) in [4.78, 5) is 10.4. The van der Waals surface area contributed by atoms with E-state index < -0.39 is 0 Å². The normalized spacial score (nSPS) is 16.4. The number of hydrogen-bond acceptors (Lipinski definition) is 2. The highest BCUT2D eigenvalue weighted by Gasteiger charge is 2.01. The van der Waals surface area contributed by atoms with Crippen molar-refractivity contribution in [2.45, 2.75) is 19.8 Å². The molecule has 0 saturated carbocycles. The second-order valence-corrected chi connectivity index (χ2v) is 3.01. The van der Waals surface area contributed by atoms with Gasteiger partial charge in [0.25, 0.3) is 0 Å². The molecule has 0 aromatic carbocycles. The van der Waals surface area contributed by atoms with Gasteiger partial charge in [-0.3, -0.25) is 4.79 Å². The van der Waals surface area contributed by atoms with Crippen LogP contribution < -0.4 is 11.1 Å². The number of rotatable bonds is 3. The maximum atomic E-state index is 10.4. The van der Waals surface area contributed by atoms with Crippen molar-refractivity contribution in [3.8, 4) is 0 Å². The molecule has 3 nitrogen and oxygen atoms in total. The van der Waals surface area contributed by atoms with Gasteiger partial charge in [-0.1, -0.05) is 11.6 Å². The van der Waals surface area contributed by atoms with Crippen LogP contribution in [-0.2, 0) is 4.79 Å². The molecule has 0 aliphatic heterocycles. The molecule has 3 N–H and O–H groups in total.